The smallest absolute Gasteiger partial charge is 0.0771 e. The van der Waals surface area contributed by atoms with Crippen LogP contribution in [0.5, 0.6) is 0 Å². The number of rotatable bonds is 1. The van der Waals surface area contributed by atoms with Crippen molar-refractivity contribution in [2.45, 2.75) is 64.5 Å². The van der Waals surface area contributed by atoms with Crippen molar-refractivity contribution in [2.24, 2.45) is 23.2 Å². The zero-order chi connectivity index (χ0) is 12.0. The Bertz CT molecular complexity index is 238. The van der Waals surface area contributed by atoms with Gasteiger partial charge in [-0.1, -0.05) is 51.7 Å². The van der Waals surface area contributed by atoms with E-state index in [4.69, 9.17) is 0 Å². The van der Waals surface area contributed by atoms with Crippen molar-refractivity contribution in [2.75, 3.05) is 0 Å². The second kappa shape index (κ2) is 4.10. The molecule has 0 N–H and O–H groups in total. The number of fused-ring (bicyclic) bond motifs is 1. The summed E-state index contributed by atoms with van der Waals surface area (Å²) in [4.78, 5) is 0. The fraction of sp³-hybridized carbons (Fsp3) is 1.00. The summed E-state index contributed by atoms with van der Waals surface area (Å²) in [5.41, 5.74) is 0.450. The maximum Gasteiger partial charge on any atom is 0.100 e. The van der Waals surface area contributed by atoms with Gasteiger partial charge in [-0.25, -0.2) is 0 Å². The zero-order valence-corrected chi connectivity index (χ0v) is 12.0. The molecule has 0 aromatic heterocycles. The van der Waals surface area contributed by atoms with Crippen LogP contribution in [0.4, 0.5) is 0 Å². The van der Waals surface area contributed by atoms with Crippen LogP contribution in [0.15, 0.2) is 0 Å². The van der Waals surface area contributed by atoms with Gasteiger partial charge in [0.1, 0.15) is 15.7 Å². The van der Waals surface area contributed by atoms with Crippen molar-refractivity contribution in [1.29, 1.82) is 0 Å². The summed E-state index contributed by atoms with van der Waals surface area (Å²) in [6.07, 6.45) is 9.11. The Kier molecular flexibility index (Phi) is 3.23. The first-order valence-electron chi connectivity index (χ1n) is 7.32. The molecule has 0 amide bonds. The molecule has 2 fully saturated rings. The maximum atomic E-state index is 2.51. The first-order valence-corrected chi connectivity index (χ1v) is 7.32. The molecular formula is C14H28B2. The first kappa shape index (κ1) is 12.6. The lowest BCUT2D eigenvalue weighted by atomic mass is 9.38. The normalized spacial score (nSPS) is 36.1. The lowest BCUT2D eigenvalue weighted by molar-refractivity contribution is 0.254. The van der Waals surface area contributed by atoms with Crippen molar-refractivity contribution in [3.05, 3.63) is 0 Å². The van der Waals surface area contributed by atoms with E-state index in [0.29, 0.717) is 10.6 Å². The molecule has 2 rings (SSSR count). The van der Waals surface area contributed by atoms with Crippen LogP contribution in [0.1, 0.15) is 59.3 Å². The van der Waals surface area contributed by atoms with Crippen LogP contribution >= 0.6 is 0 Å². The van der Waals surface area contributed by atoms with Gasteiger partial charge < -0.3 is 0 Å². The van der Waals surface area contributed by atoms with Gasteiger partial charge in [0.15, 0.2) is 0 Å². The molecule has 0 bridgehead atoms. The van der Waals surface area contributed by atoms with E-state index in [9.17, 15) is 0 Å². The van der Waals surface area contributed by atoms with Crippen LogP contribution in [0.25, 0.3) is 0 Å². The van der Waals surface area contributed by atoms with Gasteiger partial charge in [-0.15, -0.1) is 0 Å². The van der Waals surface area contributed by atoms with Crippen molar-refractivity contribution in [1.82, 2.24) is 0 Å². The SMILES string of the molecule is BC(B)(C1CC2CCCCC2C1)C(C)(C)C. The summed E-state index contributed by atoms with van der Waals surface area (Å²) in [5.74, 6) is 3.14. The Labute approximate surface area is 104 Å². The monoisotopic (exact) mass is 218 g/mol. The van der Waals surface area contributed by atoms with E-state index in [1.165, 1.54) is 38.5 Å². The molecule has 2 unspecified atom stereocenters. The molecule has 2 aliphatic rings. The quantitative estimate of drug-likeness (QED) is 0.593. The van der Waals surface area contributed by atoms with Gasteiger partial charge >= 0.3 is 0 Å². The molecule has 0 spiro atoms. The Morgan fingerprint density at radius 3 is 1.69 bits per heavy atom. The van der Waals surface area contributed by atoms with E-state index in [0.717, 1.165) is 17.8 Å². The lowest BCUT2D eigenvalue weighted by Crippen LogP contribution is -2.36. The average molecular weight is 218 g/mol. The van der Waals surface area contributed by atoms with Crippen LogP contribution in [-0.2, 0) is 0 Å². The Balaban J connectivity index is 2.07. The summed E-state index contributed by atoms with van der Waals surface area (Å²) in [6.45, 7) is 7.28. The second-order valence-electron chi connectivity index (χ2n) is 7.94. The molecule has 0 aliphatic heterocycles. The predicted octanol–water partition coefficient (Wildman–Crippen LogP) is 2.63. The summed E-state index contributed by atoms with van der Waals surface area (Å²) in [5, 5.41) is 0.504. The zero-order valence-electron chi connectivity index (χ0n) is 12.0. The molecule has 2 aliphatic carbocycles. The molecule has 2 heteroatoms. The third-order valence-corrected chi connectivity index (χ3v) is 6.19. The van der Waals surface area contributed by atoms with Crippen molar-refractivity contribution < 1.29 is 0 Å². The highest BCUT2D eigenvalue weighted by molar-refractivity contribution is 6.40. The summed E-state index contributed by atoms with van der Waals surface area (Å²) < 4.78 is 0. The third-order valence-electron chi connectivity index (χ3n) is 6.19. The summed E-state index contributed by atoms with van der Waals surface area (Å²) in [7, 11) is 5.02. The fourth-order valence-electron chi connectivity index (χ4n) is 3.93. The van der Waals surface area contributed by atoms with Crippen LogP contribution in [0.2, 0.25) is 5.21 Å². The van der Waals surface area contributed by atoms with E-state index in [-0.39, 0.29) is 0 Å². The van der Waals surface area contributed by atoms with Gasteiger partial charge in [-0.2, -0.15) is 0 Å². The van der Waals surface area contributed by atoms with E-state index in [2.05, 4.69) is 36.5 Å². The molecular weight excluding hydrogens is 190 g/mol. The average Bonchev–Trinajstić information content (AvgIpc) is 2.59. The molecule has 0 aromatic carbocycles. The number of hydrogen-bond donors (Lipinski definition) is 0. The predicted molar refractivity (Wildman–Crippen MR) is 77.4 cm³/mol. The molecule has 16 heavy (non-hydrogen) atoms. The van der Waals surface area contributed by atoms with Crippen molar-refractivity contribution in [3.63, 3.8) is 0 Å². The molecule has 0 saturated heterocycles. The van der Waals surface area contributed by atoms with Crippen LogP contribution in [-0.4, -0.2) is 15.7 Å². The molecule has 90 valence electrons. The molecule has 0 nitrogen and oxygen atoms in total. The number of hydrogen-bond acceptors (Lipinski definition) is 0. The van der Waals surface area contributed by atoms with E-state index < -0.39 is 0 Å². The lowest BCUT2D eigenvalue weighted by Gasteiger charge is -2.44. The highest BCUT2D eigenvalue weighted by Gasteiger charge is 2.46. The maximum absolute atomic E-state index is 2.51. The summed E-state index contributed by atoms with van der Waals surface area (Å²) >= 11 is 0. The van der Waals surface area contributed by atoms with Gasteiger partial charge in [0.2, 0.25) is 0 Å². The second-order valence-corrected chi connectivity index (χ2v) is 7.94. The minimum absolute atomic E-state index is 0.450. The topological polar surface area (TPSA) is 0 Å². The summed E-state index contributed by atoms with van der Waals surface area (Å²) in [6, 6.07) is 0. The van der Waals surface area contributed by atoms with Gasteiger partial charge in [-0.3, -0.25) is 0 Å². The van der Waals surface area contributed by atoms with Crippen molar-refractivity contribution in [3.8, 4) is 0 Å². The highest BCUT2D eigenvalue weighted by Crippen LogP contribution is 2.57. The van der Waals surface area contributed by atoms with Gasteiger partial charge in [-0.05, 0) is 36.0 Å². The van der Waals surface area contributed by atoms with Gasteiger partial charge in [0, 0.05) is 0 Å². The van der Waals surface area contributed by atoms with Crippen molar-refractivity contribution >= 4 is 15.7 Å². The largest absolute Gasteiger partial charge is 0.100 e. The molecule has 2 atom stereocenters. The standard InChI is InChI=1S/C14H28B2/c1-13(2,3)14(15,16)12-8-10-6-4-5-7-11(10)9-12/h10-12H,4-9,15-16H2,1-3H3. The first-order chi connectivity index (χ1) is 7.32. The Hall–Kier alpha value is 0.130. The minimum Gasteiger partial charge on any atom is -0.0771 e. The van der Waals surface area contributed by atoms with E-state index >= 15 is 0 Å². The molecule has 0 aromatic rings. The molecule has 0 radical (unpaired) electrons. The third kappa shape index (κ3) is 2.09. The van der Waals surface area contributed by atoms with Crippen LogP contribution in [0, 0.1) is 23.2 Å². The van der Waals surface area contributed by atoms with E-state index in [1.54, 1.807) is 0 Å². The highest BCUT2D eigenvalue weighted by atomic mass is 14.5. The minimum atomic E-state index is 0.450. The van der Waals surface area contributed by atoms with Gasteiger partial charge in [0.25, 0.3) is 0 Å². The van der Waals surface area contributed by atoms with E-state index in [1.807, 2.05) is 0 Å². The van der Waals surface area contributed by atoms with Crippen LogP contribution < -0.4 is 0 Å². The molecule has 0 heterocycles. The molecule has 2 saturated carbocycles. The van der Waals surface area contributed by atoms with Crippen LogP contribution in [0.3, 0.4) is 0 Å². The fourth-order valence-corrected chi connectivity index (χ4v) is 3.93. The van der Waals surface area contributed by atoms with Gasteiger partial charge in [0.05, 0.1) is 0 Å². The Morgan fingerprint density at radius 1 is 0.875 bits per heavy atom. The Morgan fingerprint density at radius 2 is 1.31 bits per heavy atom.